The van der Waals surface area contributed by atoms with E-state index in [4.69, 9.17) is 35.3 Å². The molecule has 13 heteroatoms. The number of hydrogen-bond donors (Lipinski definition) is 2. The standard InChI is InChI=1S/C43H51F2N5O6/c1-7-28-30(44)12-11-26-18-27(51)19-29(32(26)28)35-34(45)36-33(38(46-35)53-5)37(50-16-17-55-24-41(3,52)23-50)48-39(47-36)56-25-43-13-8-10-31(43)49(15-9-14-43)22-40(2)20-42(4,21-40)54-6/h1,11-12,18-19,31,51-52H,8-10,13-17,20-25H2,2-6H3. The average Bonchev–Trinajstić information content (AvgIpc) is 3.51. The van der Waals surface area contributed by atoms with E-state index in [0.717, 1.165) is 58.0 Å². The summed E-state index contributed by atoms with van der Waals surface area (Å²) in [6.07, 6.45) is 13.0. The van der Waals surface area contributed by atoms with Crippen LogP contribution in [0.15, 0.2) is 24.3 Å². The second kappa shape index (κ2) is 14.2. The van der Waals surface area contributed by atoms with Crippen molar-refractivity contribution < 1.29 is 37.9 Å². The van der Waals surface area contributed by atoms with E-state index in [1.165, 1.54) is 31.4 Å². The van der Waals surface area contributed by atoms with Crippen LogP contribution in [0.2, 0.25) is 0 Å². The highest BCUT2D eigenvalue weighted by molar-refractivity contribution is 6.04. The Morgan fingerprint density at radius 2 is 1.82 bits per heavy atom. The quantitative estimate of drug-likeness (QED) is 0.179. The van der Waals surface area contributed by atoms with Crippen LogP contribution in [0.5, 0.6) is 17.6 Å². The van der Waals surface area contributed by atoms with E-state index in [0.29, 0.717) is 24.6 Å². The van der Waals surface area contributed by atoms with Crippen LogP contribution in [-0.2, 0) is 9.47 Å². The Balaban J connectivity index is 1.23. The Bertz CT molecular complexity index is 2220. The van der Waals surface area contributed by atoms with Crippen molar-refractivity contribution in [2.75, 3.05) is 65.1 Å². The lowest BCUT2D eigenvalue weighted by Crippen LogP contribution is -2.59. The van der Waals surface area contributed by atoms with Crippen LogP contribution in [0.25, 0.3) is 32.9 Å². The molecule has 3 atom stereocenters. The predicted octanol–water partition coefficient (Wildman–Crippen LogP) is 6.63. The number of rotatable bonds is 9. The minimum Gasteiger partial charge on any atom is -0.508 e. The highest BCUT2D eigenvalue weighted by Gasteiger charge is 2.54. The van der Waals surface area contributed by atoms with Crippen LogP contribution in [0.3, 0.4) is 0 Å². The van der Waals surface area contributed by atoms with Crippen LogP contribution in [0.1, 0.15) is 71.3 Å². The van der Waals surface area contributed by atoms with Gasteiger partial charge in [0, 0.05) is 42.6 Å². The van der Waals surface area contributed by atoms with Crippen LogP contribution < -0.4 is 14.4 Å². The first kappa shape index (κ1) is 38.5. The molecule has 0 bridgehead atoms. The Kier molecular flexibility index (Phi) is 9.79. The first-order chi connectivity index (χ1) is 26.7. The molecule has 2 saturated heterocycles. The zero-order valence-corrected chi connectivity index (χ0v) is 32.9. The Morgan fingerprint density at radius 3 is 2.57 bits per heavy atom. The van der Waals surface area contributed by atoms with Crippen molar-refractivity contribution in [2.45, 2.75) is 83.0 Å². The first-order valence-corrected chi connectivity index (χ1v) is 19.5. The van der Waals surface area contributed by atoms with Gasteiger partial charge < -0.3 is 34.1 Å². The number of terminal acetylenes is 1. The lowest BCUT2D eigenvalue weighted by Gasteiger charge is -2.56. The van der Waals surface area contributed by atoms with Crippen LogP contribution in [0.4, 0.5) is 14.6 Å². The van der Waals surface area contributed by atoms with Gasteiger partial charge in [-0.15, -0.1) is 6.42 Å². The van der Waals surface area contributed by atoms with E-state index in [1.54, 1.807) is 14.0 Å². The number of hydrogen-bond acceptors (Lipinski definition) is 11. The molecule has 2 aromatic carbocycles. The van der Waals surface area contributed by atoms with Gasteiger partial charge in [-0.25, -0.2) is 13.8 Å². The summed E-state index contributed by atoms with van der Waals surface area (Å²) in [6, 6.07) is 5.72. The fourth-order valence-electron chi connectivity index (χ4n) is 10.6. The number of halogens is 2. The number of fused-ring (bicyclic) bond motifs is 3. The highest BCUT2D eigenvalue weighted by Crippen LogP contribution is 2.54. The Labute approximate surface area is 326 Å². The van der Waals surface area contributed by atoms with Crippen molar-refractivity contribution >= 4 is 27.5 Å². The number of phenols is 1. The van der Waals surface area contributed by atoms with Gasteiger partial charge in [-0.1, -0.05) is 25.3 Å². The summed E-state index contributed by atoms with van der Waals surface area (Å²) in [5, 5.41) is 22.7. The fraction of sp³-hybridized carbons (Fsp3) is 0.558. The van der Waals surface area contributed by atoms with Gasteiger partial charge in [0.1, 0.15) is 39.6 Å². The largest absolute Gasteiger partial charge is 0.508 e. The van der Waals surface area contributed by atoms with Gasteiger partial charge in [-0.3, -0.25) is 4.90 Å². The Morgan fingerprint density at radius 1 is 1.04 bits per heavy atom. The summed E-state index contributed by atoms with van der Waals surface area (Å²) in [7, 11) is 3.20. The summed E-state index contributed by atoms with van der Waals surface area (Å²) in [5.74, 6) is 0.932. The molecule has 2 aliphatic carbocycles. The molecule has 4 aromatic rings. The molecule has 298 valence electrons. The fourth-order valence-corrected chi connectivity index (χ4v) is 10.6. The van der Waals surface area contributed by atoms with E-state index in [-0.39, 0.29) is 92.8 Å². The normalized spacial score (nSPS) is 29.5. The molecule has 0 radical (unpaired) electrons. The van der Waals surface area contributed by atoms with E-state index in [1.807, 2.05) is 4.90 Å². The number of likely N-dealkylation sites (tertiary alicyclic amines) is 1. The summed E-state index contributed by atoms with van der Waals surface area (Å²) >= 11 is 0. The van der Waals surface area contributed by atoms with Gasteiger partial charge in [0.2, 0.25) is 5.88 Å². The van der Waals surface area contributed by atoms with Gasteiger partial charge in [-0.05, 0) is 87.9 Å². The summed E-state index contributed by atoms with van der Waals surface area (Å²) in [5.41, 5.74) is -1.67. The van der Waals surface area contributed by atoms with Crippen molar-refractivity contribution in [1.82, 2.24) is 19.9 Å². The maximum atomic E-state index is 17.4. The molecule has 2 aromatic heterocycles. The van der Waals surface area contributed by atoms with Crippen molar-refractivity contribution in [3.8, 4) is 41.2 Å². The number of pyridine rings is 1. The molecule has 8 rings (SSSR count). The SMILES string of the molecule is C#Cc1c(F)ccc2cc(O)cc(-c3nc(OC)c4c(N5CCOCC(C)(O)C5)nc(OCC56CCCC5N(CC5(C)CC(C)(OC)C5)CCC6)nc4c3F)c12. The number of phenolic OH excluding ortho intramolecular Hbond substituents is 1. The van der Waals surface area contributed by atoms with Gasteiger partial charge in [0.15, 0.2) is 5.82 Å². The summed E-state index contributed by atoms with van der Waals surface area (Å²) < 4.78 is 56.4. The number of aromatic nitrogens is 3. The number of β-amino-alcohol motifs (C(OH)–C–C–N with tert-alkyl or cyclic N) is 1. The highest BCUT2D eigenvalue weighted by atomic mass is 19.1. The van der Waals surface area contributed by atoms with Crippen LogP contribution >= 0.6 is 0 Å². The van der Waals surface area contributed by atoms with E-state index in [2.05, 4.69) is 29.7 Å². The number of aliphatic hydroxyl groups is 1. The molecule has 2 N–H and O–H groups in total. The molecule has 3 unspecified atom stereocenters. The number of aromatic hydroxyl groups is 1. The molecule has 56 heavy (non-hydrogen) atoms. The third-order valence-electron chi connectivity index (χ3n) is 12.7. The number of benzene rings is 2. The molecule has 4 fully saturated rings. The van der Waals surface area contributed by atoms with Gasteiger partial charge in [0.25, 0.3) is 0 Å². The minimum atomic E-state index is -1.25. The maximum absolute atomic E-state index is 17.4. The second-order valence-electron chi connectivity index (χ2n) is 17.4. The smallest absolute Gasteiger partial charge is 0.319 e. The molecule has 2 aliphatic heterocycles. The topological polar surface area (TPSA) is 123 Å². The third-order valence-corrected chi connectivity index (χ3v) is 12.7. The predicted molar refractivity (Wildman–Crippen MR) is 209 cm³/mol. The van der Waals surface area contributed by atoms with E-state index >= 15 is 8.78 Å². The molecular formula is C43H51F2N5O6. The van der Waals surface area contributed by atoms with E-state index in [9.17, 15) is 10.2 Å². The lowest BCUT2D eigenvalue weighted by molar-refractivity contribution is -0.149. The average molecular weight is 772 g/mol. The van der Waals surface area contributed by atoms with Crippen molar-refractivity contribution in [3.05, 3.63) is 41.5 Å². The zero-order valence-electron chi connectivity index (χ0n) is 32.9. The zero-order chi connectivity index (χ0) is 39.6. The molecular weight excluding hydrogens is 720 g/mol. The van der Waals surface area contributed by atoms with E-state index < -0.39 is 17.2 Å². The van der Waals surface area contributed by atoms with Gasteiger partial charge >= 0.3 is 6.01 Å². The number of nitrogens with zero attached hydrogens (tertiary/aromatic N) is 5. The molecule has 2 saturated carbocycles. The van der Waals surface area contributed by atoms with Crippen LogP contribution in [0, 0.1) is 34.8 Å². The second-order valence-corrected chi connectivity index (χ2v) is 17.4. The first-order valence-electron chi connectivity index (χ1n) is 19.5. The molecule has 4 aliphatic rings. The monoisotopic (exact) mass is 771 g/mol. The lowest BCUT2D eigenvalue weighted by atomic mass is 9.60. The molecule has 0 amide bonds. The summed E-state index contributed by atoms with van der Waals surface area (Å²) in [4.78, 5) is 18.7. The third kappa shape index (κ3) is 6.78. The maximum Gasteiger partial charge on any atom is 0.319 e. The molecule has 4 heterocycles. The molecule has 11 nitrogen and oxygen atoms in total. The number of piperidine rings is 1. The number of anilines is 1. The van der Waals surface area contributed by atoms with Gasteiger partial charge in [-0.2, -0.15) is 9.97 Å². The Hall–Kier alpha value is -4.35. The van der Waals surface area contributed by atoms with Gasteiger partial charge in [0.05, 0.1) is 44.6 Å². The minimum absolute atomic E-state index is 0.00987. The van der Waals surface area contributed by atoms with Crippen molar-refractivity contribution in [1.29, 1.82) is 0 Å². The summed E-state index contributed by atoms with van der Waals surface area (Å²) in [6.45, 7) is 9.45. The van der Waals surface area contributed by atoms with Crippen molar-refractivity contribution in [3.63, 3.8) is 0 Å². The number of methoxy groups -OCH3 is 2. The molecule has 0 spiro atoms. The van der Waals surface area contributed by atoms with Crippen LogP contribution in [-0.4, -0.2) is 108 Å². The number of ether oxygens (including phenoxy) is 4. The van der Waals surface area contributed by atoms with Crippen molar-refractivity contribution in [2.24, 2.45) is 10.8 Å².